The zero-order valence-corrected chi connectivity index (χ0v) is 7.62. The monoisotopic (exact) mass is 168 g/mol. The lowest BCUT2D eigenvalue weighted by atomic mass is 10.1. The molecule has 1 saturated heterocycles. The molecule has 3 nitrogen and oxygen atoms in total. The van der Waals surface area contributed by atoms with Crippen LogP contribution in [0.3, 0.4) is 0 Å². The molecule has 0 radical (unpaired) electrons. The summed E-state index contributed by atoms with van der Waals surface area (Å²) in [6, 6.07) is 0. The van der Waals surface area contributed by atoms with Gasteiger partial charge in [-0.3, -0.25) is 0 Å². The van der Waals surface area contributed by atoms with E-state index in [-0.39, 0.29) is 0 Å². The number of hydrogen-bond acceptors (Lipinski definition) is 2. The van der Waals surface area contributed by atoms with Crippen molar-refractivity contribution in [3.05, 3.63) is 11.4 Å². The molecule has 1 heterocycles. The highest BCUT2D eigenvalue weighted by atomic mass is 16.5. The minimum atomic E-state index is 0.611. The fraction of sp³-hybridized carbons (Fsp3) is 0.889. The Morgan fingerprint density at radius 1 is 1.67 bits per heavy atom. The van der Waals surface area contributed by atoms with Crippen LogP contribution in [0.15, 0.2) is 0 Å². The van der Waals surface area contributed by atoms with Crippen LogP contribution in [0.5, 0.6) is 0 Å². The highest BCUT2D eigenvalue weighted by Crippen LogP contribution is 2.15. The van der Waals surface area contributed by atoms with Gasteiger partial charge in [0, 0.05) is 26.1 Å². The standard InChI is InChI=1S/C9H16N2O/c1-10-7-9-3-4-11(8-9)5-6-12-2/h9H,3-8H2,2H3. The van der Waals surface area contributed by atoms with Crippen LogP contribution in [0.4, 0.5) is 0 Å². The quantitative estimate of drug-likeness (QED) is 0.579. The van der Waals surface area contributed by atoms with Crippen LogP contribution >= 0.6 is 0 Å². The first-order valence-corrected chi connectivity index (χ1v) is 4.41. The molecule has 0 amide bonds. The van der Waals surface area contributed by atoms with Crippen molar-refractivity contribution in [2.75, 3.05) is 39.9 Å². The summed E-state index contributed by atoms with van der Waals surface area (Å²) in [5, 5.41) is 0. The van der Waals surface area contributed by atoms with E-state index in [9.17, 15) is 0 Å². The van der Waals surface area contributed by atoms with Gasteiger partial charge in [-0.05, 0) is 13.0 Å². The van der Waals surface area contributed by atoms with E-state index in [1.54, 1.807) is 7.11 Å². The minimum absolute atomic E-state index is 0.611. The fourth-order valence-electron chi connectivity index (χ4n) is 1.61. The molecule has 1 rings (SSSR count). The molecule has 0 spiro atoms. The molecule has 0 aliphatic carbocycles. The Morgan fingerprint density at radius 2 is 2.50 bits per heavy atom. The number of ether oxygens (including phenoxy) is 1. The number of likely N-dealkylation sites (tertiary alicyclic amines) is 1. The van der Waals surface area contributed by atoms with Crippen LogP contribution in [0, 0.1) is 12.5 Å². The molecule has 0 aromatic heterocycles. The van der Waals surface area contributed by atoms with Crippen molar-refractivity contribution in [3.63, 3.8) is 0 Å². The summed E-state index contributed by atoms with van der Waals surface area (Å²) >= 11 is 0. The van der Waals surface area contributed by atoms with Gasteiger partial charge in [-0.1, -0.05) is 0 Å². The predicted octanol–water partition coefficient (Wildman–Crippen LogP) is 0.874. The SMILES string of the molecule is [C-]#[N+]CC1CCN(CCOC)C1. The molecule has 68 valence electrons. The van der Waals surface area contributed by atoms with E-state index in [2.05, 4.69) is 9.74 Å². The van der Waals surface area contributed by atoms with E-state index in [1.165, 1.54) is 6.42 Å². The summed E-state index contributed by atoms with van der Waals surface area (Å²) in [4.78, 5) is 5.80. The van der Waals surface area contributed by atoms with Gasteiger partial charge in [-0.2, -0.15) is 0 Å². The van der Waals surface area contributed by atoms with Crippen LogP contribution in [0.25, 0.3) is 4.85 Å². The second kappa shape index (κ2) is 5.13. The van der Waals surface area contributed by atoms with Crippen LogP contribution in [-0.2, 0) is 4.74 Å². The highest BCUT2D eigenvalue weighted by Gasteiger charge is 2.23. The Bertz CT molecular complexity index is 164. The average molecular weight is 168 g/mol. The summed E-state index contributed by atoms with van der Waals surface area (Å²) in [5.41, 5.74) is 0. The lowest BCUT2D eigenvalue weighted by molar-refractivity contribution is 0.159. The lowest BCUT2D eigenvalue weighted by Gasteiger charge is -2.13. The molecule has 0 saturated carbocycles. The van der Waals surface area contributed by atoms with Gasteiger partial charge in [0.1, 0.15) is 0 Å². The summed E-state index contributed by atoms with van der Waals surface area (Å²) in [6.45, 7) is 11.5. The van der Waals surface area contributed by atoms with E-state index in [0.29, 0.717) is 12.5 Å². The van der Waals surface area contributed by atoms with E-state index in [4.69, 9.17) is 11.3 Å². The van der Waals surface area contributed by atoms with Crippen LogP contribution in [-0.4, -0.2) is 44.8 Å². The molecule has 1 atom stereocenters. The van der Waals surface area contributed by atoms with Crippen molar-refractivity contribution in [1.82, 2.24) is 4.90 Å². The van der Waals surface area contributed by atoms with Gasteiger partial charge in [-0.25, -0.2) is 6.57 Å². The molecular weight excluding hydrogens is 152 g/mol. The first kappa shape index (κ1) is 9.50. The normalized spacial score (nSPS) is 24.2. The van der Waals surface area contributed by atoms with Crippen molar-refractivity contribution in [3.8, 4) is 0 Å². The van der Waals surface area contributed by atoms with Gasteiger partial charge in [0.2, 0.25) is 6.54 Å². The molecule has 12 heavy (non-hydrogen) atoms. The maximum Gasteiger partial charge on any atom is 0.218 e. The molecule has 1 aliphatic rings. The Kier molecular flexibility index (Phi) is 4.06. The first-order chi connectivity index (χ1) is 5.86. The van der Waals surface area contributed by atoms with Gasteiger partial charge in [-0.15, -0.1) is 0 Å². The summed E-state index contributed by atoms with van der Waals surface area (Å²) in [6.07, 6.45) is 1.19. The zero-order valence-electron chi connectivity index (χ0n) is 7.62. The molecule has 0 aromatic rings. The van der Waals surface area contributed by atoms with Crippen molar-refractivity contribution >= 4 is 0 Å². The number of rotatable bonds is 4. The van der Waals surface area contributed by atoms with Crippen molar-refractivity contribution < 1.29 is 4.74 Å². The fourth-order valence-corrected chi connectivity index (χ4v) is 1.61. The van der Waals surface area contributed by atoms with Gasteiger partial charge >= 0.3 is 0 Å². The third-order valence-corrected chi connectivity index (χ3v) is 2.33. The van der Waals surface area contributed by atoms with Gasteiger partial charge in [0.25, 0.3) is 0 Å². The van der Waals surface area contributed by atoms with Gasteiger partial charge in [0.05, 0.1) is 6.61 Å². The van der Waals surface area contributed by atoms with Crippen LogP contribution < -0.4 is 0 Å². The topological polar surface area (TPSA) is 16.8 Å². The second-order valence-electron chi connectivity index (χ2n) is 3.29. The van der Waals surface area contributed by atoms with E-state index < -0.39 is 0 Å². The average Bonchev–Trinajstić information content (AvgIpc) is 2.50. The summed E-state index contributed by atoms with van der Waals surface area (Å²) in [7, 11) is 1.73. The van der Waals surface area contributed by atoms with Crippen molar-refractivity contribution in [1.29, 1.82) is 0 Å². The molecule has 1 aliphatic heterocycles. The molecule has 1 fully saturated rings. The molecule has 3 heteroatoms. The smallest absolute Gasteiger partial charge is 0.218 e. The highest BCUT2D eigenvalue weighted by molar-refractivity contribution is 4.80. The summed E-state index contributed by atoms with van der Waals surface area (Å²) in [5.74, 6) is 0.611. The Hall–Kier alpha value is -0.590. The van der Waals surface area contributed by atoms with Gasteiger partial charge < -0.3 is 14.5 Å². The van der Waals surface area contributed by atoms with Gasteiger partial charge in [0.15, 0.2) is 0 Å². The zero-order chi connectivity index (χ0) is 8.81. The molecule has 0 bridgehead atoms. The predicted molar refractivity (Wildman–Crippen MR) is 47.9 cm³/mol. The largest absolute Gasteiger partial charge is 0.383 e. The number of nitrogens with zero attached hydrogens (tertiary/aromatic N) is 2. The Morgan fingerprint density at radius 3 is 3.17 bits per heavy atom. The van der Waals surface area contributed by atoms with E-state index in [0.717, 1.165) is 26.2 Å². The van der Waals surface area contributed by atoms with E-state index in [1.807, 2.05) is 0 Å². The Labute approximate surface area is 74.1 Å². The summed E-state index contributed by atoms with van der Waals surface area (Å²) < 4.78 is 5.00. The van der Waals surface area contributed by atoms with Crippen LogP contribution in [0.1, 0.15) is 6.42 Å². The lowest BCUT2D eigenvalue weighted by Crippen LogP contribution is -2.25. The van der Waals surface area contributed by atoms with Crippen LogP contribution in [0.2, 0.25) is 0 Å². The third-order valence-electron chi connectivity index (χ3n) is 2.33. The third kappa shape index (κ3) is 2.80. The molecular formula is C9H16N2O. The molecule has 1 unspecified atom stereocenters. The minimum Gasteiger partial charge on any atom is -0.383 e. The van der Waals surface area contributed by atoms with Crippen molar-refractivity contribution in [2.24, 2.45) is 5.92 Å². The number of methoxy groups -OCH3 is 1. The maximum absolute atomic E-state index is 6.75. The molecule has 0 aromatic carbocycles. The molecule has 0 N–H and O–H groups in total. The Balaban J connectivity index is 2.13. The first-order valence-electron chi connectivity index (χ1n) is 4.41. The van der Waals surface area contributed by atoms with Crippen molar-refractivity contribution in [2.45, 2.75) is 6.42 Å². The maximum atomic E-state index is 6.75. The van der Waals surface area contributed by atoms with E-state index >= 15 is 0 Å². The second-order valence-corrected chi connectivity index (χ2v) is 3.29. The number of hydrogen-bond donors (Lipinski definition) is 0.